The molecule has 3 aliphatic carbocycles. The van der Waals surface area contributed by atoms with Gasteiger partial charge in [-0.25, -0.2) is 0 Å². The minimum atomic E-state index is -0.0510. The van der Waals surface area contributed by atoms with Gasteiger partial charge in [0.1, 0.15) is 0 Å². The topological polar surface area (TPSA) is 20.2 Å². The van der Waals surface area contributed by atoms with Crippen LogP contribution >= 0.6 is 0 Å². The average Bonchev–Trinajstić information content (AvgIpc) is 2.97. The van der Waals surface area contributed by atoms with Crippen molar-refractivity contribution < 1.29 is 5.11 Å². The van der Waals surface area contributed by atoms with Gasteiger partial charge in [-0.05, 0) is 97.2 Å². The predicted molar refractivity (Wildman–Crippen MR) is 130 cm³/mol. The molecule has 3 fully saturated rings. The molecule has 0 aliphatic heterocycles. The highest BCUT2D eigenvalue weighted by Crippen LogP contribution is 2.66. The first-order valence-corrected chi connectivity index (χ1v) is 13.8. The van der Waals surface area contributed by atoms with Gasteiger partial charge in [0.15, 0.2) is 0 Å². The van der Waals surface area contributed by atoms with Crippen molar-refractivity contribution in [2.45, 2.75) is 132 Å². The van der Waals surface area contributed by atoms with E-state index in [-0.39, 0.29) is 6.10 Å². The van der Waals surface area contributed by atoms with Gasteiger partial charge in [-0.1, -0.05) is 80.6 Å². The third-order valence-corrected chi connectivity index (χ3v) is 11.0. The summed E-state index contributed by atoms with van der Waals surface area (Å²) in [6, 6.07) is 0. The van der Waals surface area contributed by atoms with Crippen molar-refractivity contribution in [1.82, 2.24) is 0 Å². The summed E-state index contributed by atoms with van der Waals surface area (Å²) >= 11 is 0. The lowest BCUT2D eigenvalue weighted by Crippen LogP contribution is -2.54. The van der Waals surface area contributed by atoms with E-state index in [1.54, 1.807) is 0 Å². The molecule has 0 bridgehead atoms. The molecule has 0 heterocycles. The minimum Gasteiger partial charge on any atom is -0.393 e. The van der Waals surface area contributed by atoms with Crippen molar-refractivity contribution >= 4 is 0 Å². The molecular weight excluding hydrogens is 364 g/mol. The molecule has 0 spiro atoms. The van der Waals surface area contributed by atoms with Gasteiger partial charge in [0, 0.05) is 0 Å². The van der Waals surface area contributed by atoms with Crippen LogP contribution in [0.2, 0.25) is 0 Å². The molecule has 0 saturated heterocycles. The van der Waals surface area contributed by atoms with Crippen LogP contribution in [-0.4, -0.2) is 11.2 Å². The summed E-state index contributed by atoms with van der Waals surface area (Å²) in [5.74, 6) is 5.67. The van der Waals surface area contributed by atoms with Crippen LogP contribution in [0.3, 0.4) is 0 Å². The molecule has 3 aliphatic rings. The summed E-state index contributed by atoms with van der Waals surface area (Å²) < 4.78 is 0. The van der Waals surface area contributed by atoms with Crippen molar-refractivity contribution in [3.05, 3.63) is 0 Å². The van der Waals surface area contributed by atoms with Gasteiger partial charge < -0.3 is 5.11 Å². The van der Waals surface area contributed by atoms with E-state index in [9.17, 15) is 5.11 Å². The zero-order valence-electron chi connectivity index (χ0n) is 21.6. The molecule has 0 amide bonds. The molecule has 176 valence electrons. The van der Waals surface area contributed by atoms with Gasteiger partial charge in [0.2, 0.25) is 0 Å². The SMILES string of the molecule is CCCC1(C)C2CC[C@H](O)C(C)[C@@H]2CCC1[C@]1(C)CCC(CCCCC(C)C)C1C. The van der Waals surface area contributed by atoms with Gasteiger partial charge in [-0.3, -0.25) is 0 Å². The molecule has 6 unspecified atom stereocenters. The van der Waals surface area contributed by atoms with Crippen LogP contribution in [0.25, 0.3) is 0 Å². The Hall–Kier alpha value is -0.0400. The molecule has 0 aromatic carbocycles. The van der Waals surface area contributed by atoms with Crippen molar-refractivity contribution in [3.8, 4) is 0 Å². The standard InChI is InChI=1S/C29H54O/c1-8-18-29(7)25-14-15-26(30)21(4)24(25)13-16-27(29)28(6)19-17-23(22(28)5)12-10-9-11-20(2)3/h20-27,30H,8-19H2,1-7H3/t21?,22?,23?,24-,25?,26-,27?,28+,29?/m0/s1. The fourth-order valence-corrected chi connectivity index (χ4v) is 9.05. The third-order valence-electron chi connectivity index (χ3n) is 11.0. The minimum absolute atomic E-state index is 0.0510. The maximum absolute atomic E-state index is 10.6. The van der Waals surface area contributed by atoms with Crippen LogP contribution in [0.4, 0.5) is 0 Å². The maximum atomic E-state index is 10.6. The summed E-state index contributed by atoms with van der Waals surface area (Å²) in [5.41, 5.74) is 0.999. The maximum Gasteiger partial charge on any atom is 0.0568 e. The first kappa shape index (κ1) is 24.6. The highest BCUT2D eigenvalue weighted by molar-refractivity contribution is 5.08. The molecule has 1 heteroatoms. The van der Waals surface area contributed by atoms with E-state index in [1.807, 2.05) is 0 Å². The quantitative estimate of drug-likeness (QED) is 0.392. The van der Waals surface area contributed by atoms with Crippen LogP contribution in [-0.2, 0) is 0 Å². The van der Waals surface area contributed by atoms with E-state index >= 15 is 0 Å². The monoisotopic (exact) mass is 418 g/mol. The average molecular weight is 419 g/mol. The van der Waals surface area contributed by atoms with Crippen LogP contribution in [0.5, 0.6) is 0 Å². The van der Waals surface area contributed by atoms with Gasteiger partial charge in [-0.2, -0.15) is 0 Å². The van der Waals surface area contributed by atoms with Crippen molar-refractivity contribution in [2.24, 2.45) is 52.3 Å². The summed E-state index contributed by atoms with van der Waals surface area (Å²) in [6.45, 7) is 17.5. The van der Waals surface area contributed by atoms with E-state index in [0.29, 0.717) is 16.7 Å². The second-order valence-corrected chi connectivity index (χ2v) is 12.9. The van der Waals surface area contributed by atoms with E-state index in [0.717, 1.165) is 41.9 Å². The number of unbranched alkanes of at least 4 members (excludes halogenated alkanes) is 1. The highest BCUT2D eigenvalue weighted by Gasteiger charge is 2.58. The van der Waals surface area contributed by atoms with E-state index in [4.69, 9.17) is 0 Å². The smallest absolute Gasteiger partial charge is 0.0568 e. The van der Waals surface area contributed by atoms with Gasteiger partial charge >= 0.3 is 0 Å². The molecule has 9 atom stereocenters. The second-order valence-electron chi connectivity index (χ2n) is 12.9. The predicted octanol–water partition coefficient (Wildman–Crippen LogP) is 8.49. The molecule has 3 rings (SSSR count). The van der Waals surface area contributed by atoms with Gasteiger partial charge in [0.25, 0.3) is 0 Å². The van der Waals surface area contributed by atoms with Crippen LogP contribution in [0.15, 0.2) is 0 Å². The Morgan fingerprint density at radius 2 is 1.70 bits per heavy atom. The Kier molecular flexibility index (Phi) is 8.07. The van der Waals surface area contributed by atoms with Crippen molar-refractivity contribution in [3.63, 3.8) is 0 Å². The first-order valence-electron chi connectivity index (χ1n) is 13.8. The molecule has 0 aromatic heterocycles. The number of hydrogen-bond acceptors (Lipinski definition) is 1. The summed E-state index contributed by atoms with van der Waals surface area (Å²) in [5, 5.41) is 10.6. The Bertz CT molecular complexity index is 540. The molecule has 30 heavy (non-hydrogen) atoms. The van der Waals surface area contributed by atoms with Crippen LogP contribution in [0.1, 0.15) is 126 Å². The fourth-order valence-electron chi connectivity index (χ4n) is 9.05. The first-order chi connectivity index (χ1) is 14.1. The van der Waals surface area contributed by atoms with Crippen molar-refractivity contribution in [2.75, 3.05) is 0 Å². The lowest BCUT2D eigenvalue weighted by molar-refractivity contribution is -0.132. The van der Waals surface area contributed by atoms with Gasteiger partial charge in [0.05, 0.1) is 6.10 Å². The largest absolute Gasteiger partial charge is 0.393 e. The highest BCUT2D eigenvalue weighted by atomic mass is 16.3. The number of aliphatic hydroxyl groups excluding tert-OH is 1. The molecular formula is C29H54O. The zero-order chi connectivity index (χ0) is 22.1. The van der Waals surface area contributed by atoms with Crippen LogP contribution < -0.4 is 0 Å². The van der Waals surface area contributed by atoms with Crippen molar-refractivity contribution in [1.29, 1.82) is 0 Å². The number of rotatable bonds is 8. The Labute approximate surface area is 189 Å². The molecule has 0 radical (unpaired) electrons. The Balaban J connectivity index is 1.74. The van der Waals surface area contributed by atoms with Gasteiger partial charge in [-0.15, -0.1) is 0 Å². The molecule has 1 nitrogen and oxygen atoms in total. The Morgan fingerprint density at radius 3 is 2.37 bits per heavy atom. The third kappa shape index (κ3) is 4.53. The zero-order valence-corrected chi connectivity index (χ0v) is 21.6. The number of fused-ring (bicyclic) bond motifs is 1. The summed E-state index contributed by atoms with van der Waals surface area (Å²) in [6.07, 6.45) is 16.4. The van der Waals surface area contributed by atoms with E-state index in [1.165, 1.54) is 70.6 Å². The Morgan fingerprint density at radius 1 is 0.967 bits per heavy atom. The lowest BCUT2D eigenvalue weighted by Gasteiger charge is -2.60. The molecule has 3 saturated carbocycles. The van der Waals surface area contributed by atoms with Crippen LogP contribution in [0, 0.1) is 52.3 Å². The molecule has 1 N–H and O–H groups in total. The van der Waals surface area contributed by atoms with E-state index in [2.05, 4.69) is 48.5 Å². The molecule has 0 aromatic rings. The fraction of sp³-hybridized carbons (Fsp3) is 1.00. The second kappa shape index (κ2) is 9.84. The van der Waals surface area contributed by atoms with E-state index < -0.39 is 0 Å². The number of hydrogen-bond donors (Lipinski definition) is 1. The summed E-state index contributed by atoms with van der Waals surface area (Å²) in [7, 11) is 0. The normalized spacial score (nSPS) is 46.9. The summed E-state index contributed by atoms with van der Waals surface area (Å²) in [4.78, 5) is 0. The lowest BCUT2D eigenvalue weighted by atomic mass is 9.44. The number of aliphatic hydroxyl groups is 1.